The molecule has 0 bridgehead atoms. The van der Waals surface area contributed by atoms with Crippen LogP contribution in [-0.2, 0) is 0 Å². The molecule has 1 aromatic rings. The summed E-state index contributed by atoms with van der Waals surface area (Å²) >= 11 is 0. The molecule has 1 aliphatic rings. The molecule has 0 radical (unpaired) electrons. The van der Waals surface area contributed by atoms with E-state index in [-0.39, 0.29) is 0 Å². The predicted octanol–water partition coefficient (Wildman–Crippen LogP) is 4.23. The van der Waals surface area contributed by atoms with Crippen molar-refractivity contribution in [1.82, 2.24) is 0 Å². The van der Waals surface area contributed by atoms with Gasteiger partial charge in [-0.15, -0.1) is 0 Å². The van der Waals surface area contributed by atoms with Gasteiger partial charge in [-0.05, 0) is 30.9 Å². The normalized spacial score (nSPS) is 25.1. The lowest BCUT2D eigenvalue weighted by Crippen LogP contribution is -2.10. The van der Waals surface area contributed by atoms with E-state index in [1.165, 1.54) is 16.7 Å². The first kappa shape index (κ1) is 10.2. The molecular weight excluding hydrogens is 180 g/mol. The fraction of sp³-hybridized carbons (Fsp3) is 0.333. The summed E-state index contributed by atoms with van der Waals surface area (Å²) in [5, 5.41) is 0. The van der Waals surface area contributed by atoms with Crippen LogP contribution in [0.1, 0.15) is 30.9 Å². The summed E-state index contributed by atoms with van der Waals surface area (Å²) in [4.78, 5) is 0. The number of hydrogen-bond donors (Lipinski definition) is 0. The van der Waals surface area contributed by atoms with Crippen LogP contribution >= 0.6 is 0 Å². The molecule has 2 atom stereocenters. The monoisotopic (exact) mass is 198 g/mol. The molecule has 0 aliphatic heterocycles. The topological polar surface area (TPSA) is 0 Å². The predicted molar refractivity (Wildman–Crippen MR) is 66.0 cm³/mol. The Bertz CT molecular complexity index is 410. The van der Waals surface area contributed by atoms with Crippen LogP contribution in [0, 0.1) is 12.8 Å². The van der Waals surface area contributed by atoms with Gasteiger partial charge in [0.15, 0.2) is 0 Å². The van der Waals surface area contributed by atoms with E-state index in [9.17, 15) is 0 Å². The van der Waals surface area contributed by atoms with Crippen molar-refractivity contribution in [1.29, 1.82) is 0 Å². The number of rotatable bonds is 1. The molecule has 1 aromatic carbocycles. The Morgan fingerprint density at radius 3 is 2.53 bits per heavy atom. The summed E-state index contributed by atoms with van der Waals surface area (Å²) in [5.74, 6) is 1.16. The van der Waals surface area contributed by atoms with Gasteiger partial charge < -0.3 is 0 Å². The molecule has 2 unspecified atom stereocenters. The molecule has 0 amide bonds. The van der Waals surface area contributed by atoms with Crippen LogP contribution in [0.25, 0.3) is 0 Å². The minimum Gasteiger partial charge on any atom is -0.0805 e. The Labute approximate surface area is 92.3 Å². The average Bonchev–Trinajstić information content (AvgIpc) is 2.23. The summed E-state index contributed by atoms with van der Waals surface area (Å²) in [7, 11) is 0. The molecule has 0 spiro atoms. The number of aryl methyl sites for hydroxylation is 1. The van der Waals surface area contributed by atoms with Crippen LogP contribution in [0.15, 0.2) is 48.1 Å². The lowest BCUT2D eigenvalue weighted by Gasteiger charge is -2.24. The van der Waals surface area contributed by atoms with Gasteiger partial charge in [0.25, 0.3) is 0 Å². The van der Waals surface area contributed by atoms with Gasteiger partial charge >= 0.3 is 0 Å². The van der Waals surface area contributed by atoms with Crippen molar-refractivity contribution < 1.29 is 0 Å². The summed E-state index contributed by atoms with van der Waals surface area (Å²) in [5.41, 5.74) is 4.24. The number of allylic oxidation sites excluding steroid dienone is 4. The van der Waals surface area contributed by atoms with Gasteiger partial charge in [-0.1, -0.05) is 55.0 Å². The highest BCUT2D eigenvalue weighted by molar-refractivity contribution is 5.38. The molecule has 0 heterocycles. The Kier molecular flexibility index (Phi) is 2.77. The third-order valence-electron chi connectivity index (χ3n) is 3.22. The molecule has 0 N–H and O–H groups in total. The van der Waals surface area contributed by atoms with E-state index in [0.717, 1.165) is 0 Å². The molecule has 1 aliphatic carbocycles. The standard InChI is InChI=1S/C15H18/c1-11-8-9-13(3)15(10-11)14-7-5-4-6-12(14)2/h4-10,13,15H,1-3H3. The minimum atomic E-state index is 0.552. The van der Waals surface area contributed by atoms with Crippen molar-refractivity contribution in [3.63, 3.8) is 0 Å². The van der Waals surface area contributed by atoms with Crippen LogP contribution in [0.5, 0.6) is 0 Å². The third-order valence-corrected chi connectivity index (χ3v) is 3.22. The Morgan fingerprint density at radius 1 is 1.07 bits per heavy atom. The molecule has 78 valence electrons. The summed E-state index contributed by atoms with van der Waals surface area (Å²) in [6, 6.07) is 8.69. The molecule has 0 saturated heterocycles. The quantitative estimate of drug-likeness (QED) is 0.633. The second-order valence-corrected chi connectivity index (χ2v) is 4.51. The van der Waals surface area contributed by atoms with Gasteiger partial charge in [0.2, 0.25) is 0 Å². The maximum Gasteiger partial charge on any atom is 0.00865 e. The zero-order valence-corrected chi connectivity index (χ0v) is 9.70. The van der Waals surface area contributed by atoms with Gasteiger partial charge in [-0.3, -0.25) is 0 Å². The van der Waals surface area contributed by atoms with Gasteiger partial charge in [0.05, 0.1) is 0 Å². The van der Waals surface area contributed by atoms with Crippen LogP contribution in [-0.4, -0.2) is 0 Å². The summed E-state index contributed by atoms with van der Waals surface area (Å²) in [6.07, 6.45) is 6.92. The van der Waals surface area contributed by atoms with E-state index in [2.05, 4.69) is 63.3 Å². The summed E-state index contributed by atoms with van der Waals surface area (Å²) in [6.45, 7) is 6.66. The van der Waals surface area contributed by atoms with Crippen molar-refractivity contribution in [3.8, 4) is 0 Å². The lowest BCUT2D eigenvalue weighted by molar-refractivity contribution is 0.628. The third kappa shape index (κ3) is 2.04. The fourth-order valence-electron chi connectivity index (χ4n) is 2.25. The van der Waals surface area contributed by atoms with Crippen LogP contribution in [0.2, 0.25) is 0 Å². The van der Waals surface area contributed by atoms with Gasteiger partial charge in [0, 0.05) is 5.92 Å². The largest absolute Gasteiger partial charge is 0.0805 e. The van der Waals surface area contributed by atoms with Crippen molar-refractivity contribution in [2.75, 3.05) is 0 Å². The first-order chi connectivity index (χ1) is 7.18. The molecule has 0 heteroatoms. The molecule has 0 aromatic heterocycles. The number of hydrogen-bond acceptors (Lipinski definition) is 0. The number of benzene rings is 1. The van der Waals surface area contributed by atoms with Crippen LogP contribution in [0.4, 0.5) is 0 Å². The molecule has 0 nitrogen and oxygen atoms in total. The van der Waals surface area contributed by atoms with Crippen LogP contribution < -0.4 is 0 Å². The second-order valence-electron chi connectivity index (χ2n) is 4.51. The van der Waals surface area contributed by atoms with Crippen LogP contribution in [0.3, 0.4) is 0 Å². The Hall–Kier alpha value is -1.30. The maximum atomic E-state index is 2.38. The molecular formula is C15H18. The lowest BCUT2D eigenvalue weighted by atomic mass is 9.81. The van der Waals surface area contributed by atoms with E-state index in [4.69, 9.17) is 0 Å². The van der Waals surface area contributed by atoms with Gasteiger partial charge in [-0.2, -0.15) is 0 Å². The first-order valence-electron chi connectivity index (χ1n) is 5.60. The highest BCUT2D eigenvalue weighted by Crippen LogP contribution is 2.33. The van der Waals surface area contributed by atoms with E-state index in [1.807, 2.05) is 0 Å². The zero-order valence-electron chi connectivity index (χ0n) is 9.70. The smallest absolute Gasteiger partial charge is 0.00865 e. The Balaban J connectivity index is 2.39. The molecule has 0 saturated carbocycles. The van der Waals surface area contributed by atoms with E-state index < -0.39 is 0 Å². The van der Waals surface area contributed by atoms with Crippen molar-refractivity contribution in [2.45, 2.75) is 26.7 Å². The average molecular weight is 198 g/mol. The van der Waals surface area contributed by atoms with Gasteiger partial charge in [0.1, 0.15) is 0 Å². The highest BCUT2D eigenvalue weighted by atomic mass is 14.2. The SMILES string of the molecule is CC1=CC(c2ccccc2C)C(C)C=C1. The molecule has 15 heavy (non-hydrogen) atoms. The first-order valence-corrected chi connectivity index (χ1v) is 5.60. The van der Waals surface area contributed by atoms with Crippen molar-refractivity contribution in [2.24, 2.45) is 5.92 Å². The minimum absolute atomic E-state index is 0.552. The Morgan fingerprint density at radius 2 is 1.80 bits per heavy atom. The van der Waals surface area contributed by atoms with E-state index >= 15 is 0 Å². The van der Waals surface area contributed by atoms with E-state index in [1.54, 1.807) is 0 Å². The summed E-state index contributed by atoms with van der Waals surface area (Å²) < 4.78 is 0. The van der Waals surface area contributed by atoms with Crippen molar-refractivity contribution in [3.05, 3.63) is 59.2 Å². The van der Waals surface area contributed by atoms with Crippen molar-refractivity contribution >= 4 is 0 Å². The maximum absolute atomic E-state index is 2.38. The fourth-order valence-corrected chi connectivity index (χ4v) is 2.25. The van der Waals surface area contributed by atoms with E-state index in [0.29, 0.717) is 11.8 Å². The molecule has 2 rings (SSSR count). The second kappa shape index (κ2) is 4.06. The zero-order chi connectivity index (χ0) is 10.8. The molecule has 0 fully saturated rings. The van der Waals surface area contributed by atoms with Gasteiger partial charge in [-0.25, -0.2) is 0 Å². The highest BCUT2D eigenvalue weighted by Gasteiger charge is 2.18.